The fraction of sp³-hybridized carbons (Fsp3) is 0.310. The highest BCUT2D eigenvalue weighted by atomic mass is 16.7. The minimum atomic E-state index is -1.06. The maximum absolute atomic E-state index is 13.8. The molecule has 0 radical (unpaired) electrons. The van der Waals surface area contributed by atoms with Gasteiger partial charge in [0.2, 0.25) is 5.91 Å². The van der Waals surface area contributed by atoms with Gasteiger partial charge in [-0.05, 0) is 55.3 Å². The number of ether oxygens (including phenoxy) is 2. The summed E-state index contributed by atoms with van der Waals surface area (Å²) in [7, 11) is 0. The number of fused-ring (bicyclic) bond motifs is 1. The summed E-state index contributed by atoms with van der Waals surface area (Å²) in [6.07, 6.45) is 0.844. The highest BCUT2D eigenvalue weighted by Crippen LogP contribution is 2.48. The summed E-state index contributed by atoms with van der Waals surface area (Å²) in [5.74, 6) is -0.659. The van der Waals surface area contributed by atoms with Crippen LogP contribution in [0, 0.1) is 16.0 Å². The van der Waals surface area contributed by atoms with Crippen LogP contribution >= 0.6 is 0 Å². The maximum atomic E-state index is 13.8. The third-order valence-electron chi connectivity index (χ3n) is 6.81. The van der Waals surface area contributed by atoms with Gasteiger partial charge in [0.25, 0.3) is 11.6 Å². The number of rotatable bonds is 10. The lowest BCUT2D eigenvalue weighted by Crippen LogP contribution is -2.37. The first-order valence-corrected chi connectivity index (χ1v) is 13.0. The first-order chi connectivity index (χ1) is 18.9. The van der Waals surface area contributed by atoms with Gasteiger partial charge in [0.05, 0.1) is 35.6 Å². The predicted molar refractivity (Wildman–Crippen MR) is 144 cm³/mol. The number of hydroxylamine groups is 1. The van der Waals surface area contributed by atoms with E-state index in [2.05, 4.69) is 6.92 Å². The number of carbonyl (C=O) groups excluding carboxylic acids is 2. The Kier molecular flexibility index (Phi) is 7.47. The Morgan fingerprint density at radius 2 is 1.64 bits per heavy atom. The molecule has 0 aliphatic carbocycles. The van der Waals surface area contributed by atoms with Crippen LogP contribution in [0.25, 0.3) is 0 Å². The van der Waals surface area contributed by atoms with Crippen molar-refractivity contribution in [2.75, 3.05) is 23.2 Å². The minimum Gasteiger partial charge on any atom is -0.490 e. The molecule has 0 N–H and O–H groups in total. The van der Waals surface area contributed by atoms with E-state index in [0.717, 1.165) is 23.3 Å². The van der Waals surface area contributed by atoms with Crippen molar-refractivity contribution in [3.8, 4) is 11.5 Å². The number of para-hydroxylation sites is 1. The Bertz CT molecular complexity index is 1360. The Labute approximate surface area is 225 Å². The smallest absolute Gasteiger partial charge is 0.269 e. The molecule has 3 atom stereocenters. The van der Waals surface area contributed by atoms with E-state index in [0.29, 0.717) is 30.4 Å². The summed E-state index contributed by atoms with van der Waals surface area (Å²) in [4.78, 5) is 45.1. The standard InChI is InChI=1S/C29H29N3O7/c1-3-5-17-38-23-16-11-19(18-24(23)37-4-2)26-25-27(39-31(26)21-9-7-6-8-10-21)29(34)30(28(25)33)20-12-14-22(15-13-20)32(35)36/h6-16,18,25-27H,3-5,17H2,1-2H3/t25-,26+,27+/m0/s1. The minimum absolute atomic E-state index is 0.132. The van der Waals surface area contributed by atoms with Crippen molar-refractivity contribution in [3.63, 3.8) is 0 Å². The molecule has 2 fully saturated rings. The van der Waals surface area contributed by atoms with Crippen LogP contribution in [-0.4, -0.2) is 36.1 Å². The third kappa shape index (κ3) is 4.90. The Hall–Kier alpha value is -4.44. The van der Waals surface area contributed by atoms with E-state index in [1.165, 1.54) is 24.3 Å². The number of carbonyl (C=O) groups is 2. The van der Waals surface area contributed by atoms with Crippen molar-refractivity contribution in [1.82, 2.24) is 0 Å². The molecule has 0 spiro atoms. The molecule has 3 aromatic rings. The highest BCUT2D eigenvalue weighted by molar-refractivity contribution is 6.24. The lowest BCUT2D eigenvalue weighted by atomic mass is 9.90. The number of non-ortho nitro benzene ring substituents is 1. The topological polar surface area (TPSA) is 111 Å². The largest absolute Gasteiger partial charge is 0.490 e. The van der Waals surface area contributed by atoms with Crippen molar-refractivity contribution < 1.29 is 28.8 Å². The molecular formula is C29H29N3O7. The van der Waals surface area contributed by atoms with Crippen molar-refractivity contribution in [1.29, 1.82) is 0 Å². The molecule has 0 saturated carbocycles. The van der Waals surface area contributed by atoms with Crippen LogP contribution in [-0.2, 0) is 14.4 Å². The number of nitro benzene ring substituents is 1. The van der Waals surface area contributed by atoms with E-state index in [1.54, 1.807) is 5.06 Å². The molecule has 2 aliphatic heterocycles. The number of hydrogen-bond acceptors (Lipinski definition) is 8. The van der Waals surface area contributed by atoms with Gasteiger partial charge in [0.1, 0.15) is 5.92 Å². The van der Waals surface area contributed by atoms with Crippen LogP contribution in [0.15, 0.2) is 72.8 Å². The summed E-state index contributed by atoms with van der Waals surface area (Å²) in [5.41, 5.74) is 1.55. The number of hydrogen-bond donors (Lipinski definition) is 0. The molecule has 10 heteroatoms. The van der Waals surface area contributed by atoms with Gasteiger partial charge in [0, 0.05) is 12.1 Å². The van der Waals surface area contributed by atoms with Crippen LogP contribution in [0.5, 0.6) is 11.5 Å². The van der Waals surface area contributed by atoms with Gasteiger partial charge in [-0.15, -0.1) is 0 Å². The molecule has 5 rings (SSSR count). The molecule has 39 heavy (non-hydrogen) atoms. The molecule has 2 heterocycles. The monoisotopic (exact) mass is 531 g/mol. The second kappa shape index (κ2) is 11.1. The molecule has 202 valence electrons. The molecule has 2 saturated heterocycles. The van der Waals surface area contributed by atoms with Crippen LogP contribution in [0.1, 0.15) is 38.3 Å². The van der Waals surface area contributed by atoms with E-state index < -0.39 is 34.8 Å². The molecule has 2 amide bonds. The quantitative estimate of drug-likeness (QED) is 0.151. The lowest BCUT2D eigenvalue weighted by Gasteiger charge is -2.29. The van der Waals surface area contributed by atoms with Gasteiger partial charge in [-0.3, -0.25) is 24.5 Å². The fourth-order valence-electron chi connectivity index (χ4n) is 4.95. The van der Waals surface area contributed by atoms with Crippen LogP contribution in [0.4, 0.5) is 17.1 Å². The molecule has 10 nitrogen and oxygen atoms in total. The Morgan fingerprint density at radius 3 is 2.31 bits per heavy atom. The predicted octanol–water partition coefficient (Wildman–Crippen LogP) is 5.22. The maximum Gasteiger partial charge on any atom is 0.269 e. The molecule has 2 aliphatic rings. The Balaban J connectivity index is 1.53. The number of nitro groups is 1. The van der Waals surface area contributed by atoms with E-state index in [1.807, 2.05) is 55.5 Å². The van der Waals surface area contributed by atoms with Crippen molar-refractivity contribution in [3.05, 3.63) is 88.5 Å². The highest BCUT2D eigenvalue weighted by Gasteiger charge is 2.60. The number of benzene rings is 3. The van der Waals surface area contributed by atoms with Crippen molar-refractivity contribution in [2.24, 2.45) is 5.92 Å². The van der Waals surface area contributed by atoms with Crippen LogP contribution < -0.4 is 19.4 Å². The van der Waals surface area contributed by atoms with E-state index in [4.69, 9.17) is 14.3 Å². The molecule has 0 unspecified atom stereocenters. The van der Waals surface area contributed by atoms with E-state index in [9.17, 15) is 19.7 Å². The molecule has 0 bridgehead atoms. The number of imide groups is 1. The van der Waals surface area contributed by atoms with Gasteiger partial charge in [0.15, 0.2) is 17.6 Å². The van der Waals surface area contributed by atoms with Gasteiger partial charge in [-0.1, -0.05) is 37.6 Å². The van der Waals surface area contributed by atoms with E-state index in [-0.39, 0.29) is 11.4 Å². The van der Waals surface area contributed by atoms with Gasteiger partial charge in [-0.2, -0.15) is 0 Å². The number of nitrogens with zero attached hydrogens (tertiary/aromatic N) is 3. The zero-order chi connectivity index (χ0) is 27.5. The van der Waals surface area contributed by atoms with Crippen molar-refractivity contribution >= 4 is 28.9 Å². The normalized spacial score (nSPS) is 20.3. The van der Waals surface area contributed by atoms with Gasteiger partial charge < -0.3 is 9.47 Å². The lowest BCUT2D eigenvalue weighted by molar-refractivity contribution is -0.384. The van der Waals surface area contributed by atoms with E-state index >= 15 is 0 Å². The summed E-state index contributed by atoms with van der Waals surface area (Å²) < 4.78 is 11.8. The van der Waals surface area contributed by atoms with Gasteiger partial charge >= 0.3 is 0 Å². The summed E-state index contributed by atoms with van der Waals surface area (Å²) in [6, 6.07) is 19.5. The zero-order valence-corrected chi connectivity index (χ0v) is 21.7. The first kappa shape index (κ1) is 26.2. The van der Waals surface area contributed by atoms with Gasteiger partial charge in [-0.25, -0.2) is 9.96 Å². The molecule has 0 aromatic heterocycles. The summed E-state index contributed by atoms with van der Waals surface area (Å²) in [6.45, 7) is 4.95. The second-order valence-corrected chi connectivity index (χ2v) is 9.28. The van der Waals surface area contributed by atoms with Crippen LogP contribution in [0.3, 0.4) is 0 Å². The average molecular weight is 532 g/mol. The Morgan fingerprint density at radius 1 is 0.897 bits per heavy atom. The van der Waals surface area contributed by atoms with Crippen molar-refractivity contribution in [2.45, 2.75) is 38.8 Å². The number of anilines is 2. The fourth-order valence-corrected chi connectivity index (χ4v) is 4.95. The molecular weight excluding hydrogens is 502 g/mol. The number of amides is 2. The average Bonchev–Trinajstić information content (AvgIpc) is 3.46. The SMILES string of the molecule is CCCCOc1ccc([C@@H]2[C@@H]3C(=O)N(c4ccc([N+](=O)[O-])cc4)C(=O)[C@@H]3ON2c2ccccc2)cc1OCC. The summed E-state index contributed by atoms with van der Waals surface area (Å²) >= 11 is 0. The third-order valence-corrected chi connectivity index (χ3v) is 6.81. The second-order valence-electron chi connectivity index (χ2n) is 9.28. The number of unbranched alkanes of at least 4 members (excludes halogenated alkanes) is 1. The van der Waals surface area contributed by atoms with Crippen LogP contribution in [0.2, 0.25) is 0 Å². The molecule has 3 aromatic carbocycles. The summed E-state index contributed by atoms with van der Waals surface area (Å²) in [5, 5.41) is 12.7. The zero-order valence-electron chi connectivity index (χ0n) is 21.7. The first-order valence-electron chi connectivity index (χ1n) is 13.0.